The highest BCUT2D eigenvalue weighted by molar-refractivity contribution is 7.89. The second-order valence-electron chi connectivity index (χ2n) is 5.45. The predicted octanol–water partition coefficient (Wildman–Crippen LogP) is 0.630. The topological polar surface area (TPSA) is 124 Å². The number of sulfonamides is 1. The normalized spacial score (nSPS) is 15.9. The van der Waals surface area contributed by atoms with Crippen LogP contribution in [0.5, 0.6) is 0 Å². The largest absolute Gasteiger partial charge is 0.265 e. The van der Waals surface area contributed by atoms with Gasteiger partial charge < -0.3 is 0 Å². The van der Waals surface area contributed by atoms with Gasteiger partial charge in [0.25, 0.3) is 20.2 Å². The highest BCUT2D eigenvalue weighted by atomic mass is 32.2. The van der Waals surface area contributed by atoms with Crippen LogP contribution in [0.15, 0.2) is 29.2 Å². The molecule has 9 nitrogen and oxygen atoms in total. The minimum Gasteiger partial charge on any atom is -0.250 e. The van der Waals surface area contributed by atoms with E-state index in [-0.39, 0.29) is 4.90 Å². The number of benzene rings is 1. The number of hydrogen-bond acceptors (Lipinski definition) is 8. The number of nitrogens with zero attached hydrogens (tertiary/aromatic N) is 1. The van der Waals surface area contributed by atoms with Crippen LogP contribution in [0.1, 0.15) is 19.4 Å². The van der Waals surface area contributed by atoms with E-state index in [4.69, 9.17) is 8.37 Å². The molecule has 1 aromatic rings. The zero-order valence-electron chi connectivity index (χ0n) is 14.4. The van der Waals surface area contributed by atoms with E-state index in [1.165, 1.54) is 12.1 Å². The summed E-state index contributed by atoms with van der Waals surface area (Å²) in [5.74, 6) is 0. The lowest BCUT2D eigenvalue weighted by Crippen LogP contribution is -2.48. The van der Waals surface area contributed by atoms with Gasteiger partial charge in [0.1, 0.15) is 12.5 Å². The quantitative estimate of drug-likeness (QED) is 0.447. The molecule has 0 aliphatic rings. The van der Waals surface area contributed by atoms with Crippen LogP contribution >= 0.6 is 0 Å². The van der Waals surface area contributed by atoms with Crippen LogP contribution in [-0.2, 0) is 38.6 Å². The average Bonchev–Trinajstić information content (AvgIpc) is 2.34. The van der Waals surface area contributed by atoms with Gasteiger partial charge in [-0.2, -0.15) is 16.8 Å². The minimum absolute atomic E-state index is 0.161. The Balaban J connectivity index is 3.40. The van der Waals surface area contributed by atoms with E-state index in [9.17, 15) is 25.3 Å². The molecule has 0 heterocycles. The van der Waals surface area contributed by atoms with E-state index in [0.717, 1.165) is 31.9 Å². The molecule has 2 unspecified atom stereocenters. The van der Waals surface area contributed by atoms with Crippen molar-refractivity contribution >= 4 is 30.3 Å². The summed E-state index contributed by atoms with van der Waals surface area (Å²) in [7, 11) is -12.3. The molecule has 0 fully saturated rings. The summed E-state index contributed by atoms with van der Waals surface area (Å²) in [6.45, 7) is 4.09. The van der Waals surface area contributed by atoms with Gasteiger partial charge in [0.15, 0.2) is 0 Å². The van der Waals surface area contributed by atoms with Crippen molar-refractivity contribution in [1.29, 1.82) is 0 Å². The van der Waals surface area contributed by atoms with Gasteiger partial charge in [0.2, 0.25) is 10.0 Å². The standard InChI is InChI=1S/C13H21NO8S3/c1-10-6-8-13(9-7-10)25(19,20)14(11(2)21-23(4,15)16)12(3)22-24(5,17)18/h6-9,11-12H,1-5H3. The molecule has 0 aromatic heterocycles. The van der Waals surface area contributed by atoms with Gasteiger partial charge in [-0.25, -0.2) is 8.42 Å². The third-order valence-electron chi connectivity index (χ3n) is 2.94. The molecule has 25 heavy (non-hydrogen) atoms. The van der Waals surface area contributed by atoms with Crippen LogP contribution < -0.4 is 0 Å². The van der Waals surface area contributed by atoms with Gasteiger partial charge in [0.05, 0.1) is 17.4 Å². The van der Waals surface area contributed by atoms with Gasteiger partial charge in [-0.1, -0.05) is 17.7 Å². The Bertz CT molecular complexity index is 865. The third kappa shape index (κ3) is 6.64. The summed E-state index contributed by atoms with van der Waals surface area (Å²) in [6, 6.07) is 5.74. The van der Waals surface area contributed by atoms with Crippen LogP contribution in [0, 0.1) is 6.92 Å². The fourth-order valence-electron chi connectivity index (χ4n) is 2.11. The molecule has 0 radical (unpaired) electrons. The Morgan fingerprint density at radius 1 is 0.800 bits per heavy atom. The lowest BCUT2D eigenvalue weighted by atomic mass is 10.2. The summed E-state index contributed by atoms with van der Waals surface area (Å²) in [5.41, 5.74) is 0.811. The first kappa shape index (κ1) is 22.0. The van der Waals surface area contributed by atoms with Crippen molar-refractivity contribution in [3.05, 3.63) is 29.8 Å². The summed E-state index contributed by atoms with van der Waals surface area (Å²) in [4.78, 5) is -0.161. The van der Waals surface area contributed by atoms with Crippen LogP contribution in [-0.4, -0.2) is 54.5 Å². The summed E-state index contributed by atoms with van der Waals surface area (Å²) < 4.78 is 81.2. The van der Waals surface area contributed by atoms with E-state index < -0.39 is 42.7 Å². The maximum atomic E-state index is 12.9. The summed E-state index contributed by atoms with van der Waals surface area (Å²) in [6.07, 6.45) is -1.55. The smallest absolute Gasteiger partial charge is 0.250 e. The molecule has 144 valence electrons. The second-order valence-corrected chi connectivity index (χ2v) is 10.5. The molecule has 0 saturated carbocycles. The van der Waals surface area contributed by atoms with Gasteiger partial charge in [0, 0.05) is 0 Å². The van der Waals surface area contributed by atoms with Crippen molar-refractivity contribution in [3.8, 4) is 0 Å². The molecule has 0 aliphatic carbocycles. The number of aryl methyl sites for hydroxylation is 1. The summed E-state index contributed by atoms with van der Waals surface area (Å²) in [5, 5.41) is 0. The van der Waals surface area contributed by atoms with E-state index in [0.29, 0.717) is 4.31 Å². The third-order valence-corrected chi connectivity index (χ3v) is 6.21. The highest BCUT2D eigenvalue weighted by Crippen LogP contribution is 2.24. The SMILES string of the molecule is Cc1ccc(S(=O)(=O)N(C(C)OS(C)(=O)=O)C(C)OS(C)(=O)=O)cc1. The fourth-order valence-corrected chi connectivity index (χ4v) is 5.01. The van der Waals surface area contributed by atoms with Gasteiger partial charge in [-0.3, -0.25) is 8.37 Å². The molecule has 0 amide bonds. The summed E-state index contributed by atoms with van der Waals surface area (Å²) >= 11 is 0. The molecule has 0 saturated heterocycles. The van der Waals surface area contributed by atoms with Crippen molar-refractivity contribution in [2.75, 3.05) is 12.5 Å². The highest BCUT2D eigenvalue weighted by Gasteiger charge is 2.37. The van der Waals surface area contributed by atoms with E-state index in [1.807, 2.05) is 0 Å². The lowest BCUT2D eigenvalue weighted by Gasteiger charge is -2.31. The van der Waals surface area contributed by atoms with E-state index >= 15 is 0 Å². The molecule has 0 aliphatic heterocycles. The second kappa shape index (κ2) is 7.68. The Hall–Kier alpha value is -1.05. The van der Waals surface area contributed by atoms with Crippen molar-refractivity contribution < 1.29 is 33.6 Å². The Morgan fingerprint density at radius 2 is 1.16 bits per heavy atom. The van der Waals surface area contributed by atoms with Crippen molar-refractivity contribution in [1.82, 2.24) is 4.31 Å². The monoisotopic (exact) mass is 415 g/mol. The maximum absolute atomic E-state index is 12.9. The number of rotatable bonds is 8. The molecular weight excluding hydrogens is 394 g/mol. The van der Waals surface area contributed by atoms with E-state index in [2.05, 4.69) is 0 Å². The molecule has 0 N–H and O–H groups in total. The first-order chi connectivity index (χ1) is 11.1. The zero-order valence-corrected chi connectivity index (χ0v) is 16.9. The van der Waals surface area contributed by atoms with Gasteiger partial charge in [-0.05, 0) is 32.9 Å². The fraction of sp³-hybridized carbons (Fsp3) is 0.538. The first-order valence-electron chi connectivity index (χ1n) is 7.00. The zero-order chi connectivity index (χ0) is 19.6. The van der Waals surface area contributed by atoms with Crippen molar-refractivity contribution in [2.24, 2.45) is 0 Å². The molecule has 1 rings (SSSR count). The minimum atomic E-state index is -4.31. The first-order valence-corrected chi connectivity index (χ1v) is 12.1. The van der Waals surface area contributed by atoms with Gasteiger partial charge in [-0.15, -0.1) is 4.31 Å². The van der Waals surface area contributed by atoms with Gasteiger partial charge >= 0.3 is 0 Å². The Labute approximate surface area is 148 Å². The van der Waals surface area contributed by atoms with E-state index in [1.54, 1.807) is 19.1 Å². The molecule has 2 atom stereocenters. The predicted molar refractivity (Wildman–Crippen MR) is 91.0 cm³/mol. The van der Waals surface area contributed by atoms with Crippen molar-refractivity contribution in [2.45, 2.75) is 38.1 Å². The number of hydrogen-bond donors (Lipinski definition) is 0. The maximum Gasteiger partial charge on any atom is 0.265 e. The van der Waals surface area contributed by atoms with Crippen LogP contribution in [0.4, 0.5) is 0 Å². The van der Waals surface area contributed by atoms with Crippen LogP contribution in [0.25, 0.3) is 0 Å². The Morgan fingerprint density at radius 3 is 1.48 bits per heavy atom. The molecule has 1 aromatic carbocycles. The molecule has 12 heteroatoms. The van der Waals surface area contributed by atoms with Crippen LogP contribution in [0.2, 0.25) is 0 Å². The molecule has 0 spiro atoms. The lowest BCUT2D eigenvalue weighted by molar-refractivity contribution is 0.0110. The molecule has 0 bridgehead atoms. The van der Waals surface area contributed by atoms with Crippen LogP contribution in [0.3, 0.4) is 0 Å². The van der Waals surface area contributed by atoms with Crippen molar-refractivity contribution in [3.63, 3.8) is 0 Å². The average molecular weight is 416 g/mol. The molecular formula is C13H21NO8S3. The Kier molecular flexibility index (Phi) is 6.75.